The number of hydrogen-bond donors (Lipinski definition) is 3. The molecule has 0 bridgehead atoms. The van der Waals surface area contributed by atoms with Crippen LogP contribution in [0.15, 0.2) is 29.5 Å². The van der Waals surface area contributed by atoms with E-state index in [9.17, 15) is 9.90 Å². The van der Waals surface area contributed by atoms with E-state index in [0.717, 1.165) is 16.8 Å². The van der Waals surface area contributed by atoms with E-state index in [4.69, 9.17) is 0 Å². The summed E-state index contributed by atoms with van der Waals surface area (Å²) in [4.78, 5) is 18.2. The summed E-state index contributed by atoms with van der Waals surface area (Å²) in [7, 11) is 0. The van der Waals surface area contributed by atoms with E-state index in [1.54, 1.807) is 18.3 Å². The minimum Gasteiger partial charge on any atom is -0.506 e. The van der Waals surface area contributed by atoms with Gasteiger partial charge < -0.3 is 10.1 Å². The Morgan fingerprint density at radius 1 is 1.33 bits per heavy atom. The lowest BCUT2D eigenvalue weighted by atomic mass is 10.0. The van der Waals surface area contributed by atoms with Gasteiger partial charge in [-0.15, -0.1) is 0 Å². The fourth-order valence-corrected chi connectivity index (χ4v) is 1.96. The van der Waals surface area contributed by atoms with Gasteiger partial charge >= 0.3 is 0 Å². The zero-order valence-electron chi connectivity index (χ0n) is 9.56. The molecule has 2 heterocycles. The highest BCUT2D eigenvalue weighted by atomic mass is 16.3. The number of aromatic hydroxyl groups is 1. The van der Waals surface area contributed by atoms with Gasteiger partial charge in [-0.1, -0.05) is 0 Å². The first kappa shape index (κ1) is 10.5. The normalized spacial score (nSPS) is 10.9. The second-order valence-corrected chi connectivity index (χ2v) is 4.03. The van der Waals surface area contributed by atoms with Crippen molar-refractivity contribution >= 4 is 10.9 Å². The smallest absolute Gasteiger partial charge is 0.258 e. The summed E-state index contributed by atoms with van der Waals surface area (Å²) in [6.45, 7) is 1.87. The third-order valence-electron chi connectivity index (χ3n) is 2.86. The SMILES string of the molecule is Cc1[nH]ncc1-c1cc(O)c2nc[nH]c(=O)c2c1. The summed E-state index contributed by atoms with van der Waals surface area (Å²) in [5.41, 5.74) is 2.45. The summed E-state index contributed by atoms with van der Waals surface area (Å²) >= 11 is 0. The van der Waals surface area contributed by atoms with Gasteiger partial charge in [-0.25, -0.2) is 4.98 Å². The highest BCUT2D eigenvalue weighted by Crippen LogP contribution is 2.29. The van der Waals surface area contributed by atoms with Crippen molar-refractivity contribution in [3.63, 3.8) is 0 Å². The van der Waals surface area contributed by atoms with Crippen LogP contribution >= 0.6 is 0 Å². The first-order chi connectivity index (χ1) is 8.66. The molecule has 0 amide bonds. The number of fused-ring (bicyclic) bond motifs is 1. The number of nitrogens with one attached hydrogen (secondary N) is 2. The highest BCUT2D eigenvalue weighted by molar-refractivity contribution is 5.88. The number of phenols is 1. The van der Waals surface area contributed by atoms with Crippen LogP contribution < -0.4 is 5.56 Å². The molecule has 1 aromatic carbocycles. The molecule has 6 nitrogen and oxygen atoms in total. The molecule has 0 aliphatic heterocycles. The maximum Gasteiger partial charge on any atom is 0.258 e. The largest absolute Gasteiger partial charge is 0.506 e. The van der Waals surface area contributed by atoms with Gasteiger partial charge in [0.2, 0.25) is 0 Å². The highest BCUT2D eigenvalue weighted by Gasteiger charge is 2.10. The zero-order valence-corrected chi connectivity index (χ0v) is 9.56. The molecule has 0 radical (unpaired) electrons. The molecule has 0 spiro atoms. The van der Waals surface area contributed by atoms with Crippen LogP contribution in [0, 0.1) is 6.92 Å². The molecule has 3 aromatic rings. The maximum absolute atomic E-state index is 11.7. The van der Waals surface area contributed by atoms with Gasteiger partial charge in [-0.05, 0) is 24.6 Å². The Hall–Kier alpha value is -2.63. The van der Waals surface area contributed by atoms with Gasteiger partial charge in [-0.2, -0.15) is 5.10 Å². The van der Waals surface area contributed by atoms with Crippen molar-refractivity contribution in [3.8, 4) is 16.9 Å². The lowest BCUT2D eigenvalue weighted by Crippen LogP contribution is -2.06. The first-order valence-corrected chi connectivity index (χ1v) is 5.37. The summed E-state index contributed by atoms with van der Waals surface area (Å²) in [6.07, 6.45) is 2.92. The van der Waals surface area contributed by atoms with E-state index in [1.807, 2.05) is 6.92 Å². The molecular formula is C12H10N4O2. The molecule has 90 valence electrons. The summed E-state index contributed by atoms with van der Waals surface area (Å²) in [6, 6.07) is 3.27. The Balaban J connectivity index is 2.37. The van der Waals surface area contributed by atoms with Crippen molar-refractivity contribution < 1.29 is 5.11 Å². The standard InChI is InChI=1S/C12H10N4O2/c1-6-9(4-15-16-6)7-2-8-11(10(17)3-7)13-5-14-12(8)18/h2-5,17H,1H3,(H,15,16)(H,13,14,18). The molecule has 6 heteroatoms. The third kappa shape index (κ3) is 1.46. The number of phenolic OH excluding ortho intramolecular Hbond substituents is 1. The zero-order chi connectivity index (χ0) is 12.7. The number of aromatic amines is 2. The van der Waals surface area contributed by atoms with Crippen molar-refractivity contribution in [2.45, 2.75) is 6.92 Å². The Bertz CT molecular complexity index is 788. The minimum absolute atomic E-state index is 0.0193. The molecule has 0 aliphatic carbocycles. The second-order valence-electron chi connectivity index (χ2n) is 4.03. The quantitative estimate of drug-likeness (QED) is 0.600. The van der Waals surface area contributed by atoms with Crippen LogP contribution in [0.25, 0.3) is 22.0 Å². The van der Waals surface area contributed by atoms with Crippen LogP contribution in [0.1, 0.15) is 5.69 Å². The number of aromatic nitrogens is 4. The number of aryl methyl sites for hydroxylation is 1. The van der Waals surface area contributed by atoms with Gasteiger partial charge in [0.05, 0.1) is 17.9 Å². The minimum atomic E-state index is -0.279. The predicted octanol–water partition coefficient (Wildman–Crippen LogP) is 1.33. The number of hydrogen-bond acceptors (Lipinski definition) is 4. The van der Waals surface area contributed by atoms with Crippen LogP contribution in [0.2, 0.25) is 0 Å². The molecule has 0 saturated heterocycles. The molecule has 2 aromatic heterocycles. The van der Waals surface area contributed by atoms with Crippen molar-refractivity contribution in [1.82, 2.24) is 20.2 Å². The fourth-order valence-electron chi connectivity index (χ4n) is 1.96. The van der Waals surface area contributed by atoms with Crippen molar-refractivity contribution in [2.75, 3.05) is 0 Å². The Labute approximate surface area is 101 Å². The fraction of sp³-hybridized carbons (Fsp3) is 0.0833. The number of rotatable bonds is 1. The number of H-pyrrole nitrogens is 2. The van der Waals surface area contributed by atoms with E-state index >= 15 is 0 Å². The molecular weight excluding hydrogens is 232 g/mol. The van der Waals surface area contributed by atoms with Gasteiger partial charge in [0.25, 0.3) is 5.56 Å². The second kappa shape index (κ2) is 3.69. The monoisotopic (exact) mass is 242 g/mol. The molecule has 0 fully saturated rings. The van der Waals surface area contributed by atoms with Crippen LogP contribution in [0.3, 0.4) is 0 Å². The Morgan fingerprint density at radius 3 is 2.89 bits per heavy atom. The molecule has 3 N–H and O–H groups in total. The average Bonchev–Trinajstić information content (AvgIpc) is 2.77. The molecule has 0 atom stereocenters. The van der Waals surface area contributed by atoms with Gasteiger partial charge in [0, 0.05) is 11.3 Å². The Kier molecular flexibility index (Phi) is 2.16. The summed E-state index contributed by atoms with van der Waals surface area (Å²) < 4.78 is 0. The van der Waals surface area contributed by atoms with E-state index in [-0.39, 0.29) is 11.3 Å². The van der Waals surface area contributed by atoms with E-state index in [2.05, 4.69) is 20.2 Å². The summed E-state index contributed by atoms with van der Waals surface area (Å²) in [5.74, 6) is -0.0193. The topological polar surface area (TPSA) is 94.7 Å². The number of benzene rings is 1. The van der Waals surface area contributed by atoms with Gasteiger partial charge in [0.15, 0.2) is 0 Å². The Morgan fingerprint density at radius 2 is 2.17 bits per heavy atom. The van der Waals surface area contributed by atoms with Crippen molar-refractivity contribution in [3.05, 3.63) is 40.7 Å². The van der Waals surface area contributed by atoms with E-state index in [0.29, 0.717) is 10.9 Å². The van der Waals surface area contributed by atoms with Gasteiger partial charge in [0.1, 0.15) is 11.3 Å². The lowest BCUT2D eigenvalue weighted by molar-refractivity contribution is 0.480. The van der Waals surface area contributed by atoms with Crippen LogP contribution in [-0.2, 0) is 0 Å². The molecule has 0 saturated carbocycles. The van der Waals surface area contributed by atoms with Crippen LogP contribution in [-0.4, -0.2) is 25.3 Å². The molecule has 0 unspecified atom stereocenters. The third-order valence-corrected chi connectivity index (χ3v) is 2.86. The molecule has 18 heavy (non-hydrogen) atoms. The van der Waals surface area contributed by atoms with Crippen LogP contribution in [0.5, 0.6) is 5.75 Å². The van der Waals surface area contributed by atoms with Gasteiger partial charge in [-0.3, -0.25) is 9.89 Å². The lowest BCUT2D eigenvalue weighted by Gasteiger charge is -2.04. The van der Waals surface area contributed by atoms with Crippen molar-refractivity contribution in [2.24, 2.45) is 0 Å². The maximum atomic E-state index is 11.7. The van der Waals surface area contributed by atoms with Crippen molar-refractivity contribution in [1.29, 1.82) is 0 Å². The average molecular weight is 242 g/mol. The van der Waals surface area contributed by atoms with E-state index < -0.39 is 0 Å². The predicted molar refractivity (Wildman–Crippen MR) is 66.3 cm³/mol. The molecule has 3 rings (SSSR count). The van der Waals surface area contributed by atoms with Crippen LogP contribution in [0.4, 0.5) is 0 Å². The molecule has 0 aliphatic rings. The number of nitrogens with zero attached hydrogens (tertiary/aromatic N) is 2. The summed E-state index contributed by atoms with van der Waals surface area (Å²) in [5, 5.41) is 17.0. The van der Waals surface area contributed by atoms with E-state index in [1.165, 1.54) is 6.33 Å². The first-order valence-electron chi connectivity index (χ1n) is 5.37.